The number of amides is 2. The number of fused-ring (bicyclic) bond motifs is 1. The van der Waals surface area contributed by atoms with Crippen LogP contribution in [0.2, 0.25) is 0 Å². The van der Waals surface area contributed by atoms with Crippen LogP contribution in [0.1, 0.15) is 11.1 Å². The second kappa shape index (κ2) is 8.88. The Kier molecular flexibility index (Phi) is 6.30. The van der Waals surface area contributed by atoms with E-state index in [1.807, 2.05) is 31.3 Å². The number of alkyl halides is 2. The van der Waals surface area contributed by atoms with Gasteiger partial charge in [-0.05, 0) is 48.7 Å². The van der Waals surface area contributed by atoms with E-state index >= 15 is 0 Å². The fourth-order valence-electron chi connectivity index (χ4n) is 2.98. The zero-order valence-corrected chi connectivity index (χ0v) is 15.9. The maximum atomic E-state index is 12.4. The molecule has 0 aliphatic carbocycles. The fraction of sp³-hybridized carbons (Fsp3) is 0.200. The van der Waals surface area contributed by atoms with E-state index in [1.165, 1.54) is 24.3 Å². The Bertz CT molecular complexity index is 1000. The summed E-state index contributed by atoms with van der Waals surface area (Å²) in [6.07, 6.45) is 2.47. The highest BCUT2D eigenvalue weighted by atomic mass is 32.2. The second-order valence-corrected chi connectivity index (χ2v) is 7.24. The SMILES string of the molecule is Cc1cccc2[nH]cc(CCNC(=O)C(=O)Nc3cccc(SC(F)F)c3)c12. The Morgan fingerprint density at radius 1 is 1.14 bits per heavy atom. The van der Waals surface area contributed by atoms with Crippen LogP contribution in [0.15, 0.2) is 53.6 Å². The third-order valence-electron chi connectivity index (χ3n) is 4.20. The first-order chi connectivity index (χ1) is 13.4. The van der Waals surface area contributed by atoms with Gasteiger partial charge in [0.1, 0.15) is 0 Å². The van der Waals surface area contributed by atoms with E-state index in [0.29, 0.717) is 29.6 Å². The number of aromatic amines is 1. The standard InChI is InChI=1S/C20H19F2N3O2S/c1-12-4-2-7-16-17(12)13(11-24-16)8-9-23-18(26)19(27)25-14-5-3-6-15(10-14)28-20(21)22/h2-7,10-11,20,24H,8-9H2,1H3,(H,23,26)(H,25,27). The van der Waals surface area contributed by atoms with Crippen molar-refractivity contribution in [2.45, 2.75) is 24.0 Å². The van der Waals surface area contributed by atoms with E-state index in [2.05, 4.69) is 15.6 Å². The van der Waals surface area contributed by atoms with Gasteiger partial charge >= 0.3 is 11.8 Å². The molecule has 2 amide bonds. The Morgan fingerprint density at radius 3 is 2.71 bits per heavy atom. The summed E-state index contributed by atoms with van der Waals surface area (Å²) in [4.78, 5) is 27.5. The van der Waals surface area contributed by atoms with Gasteiger partial charge in [-0.2, -0.15) is 8.78 Å². The van der Waals surface area contributed by atoms with E-state index in [0.717, 1.165) is 22.0 Å². The van der Waals surface area contributed by atoms with Gasteiger partial charge in [-0.3, -0.25) is 9.59 Å². The van der Waals surface area contributed by atoms with Gasteiger partial charge in [-0.1, -0.05) is 30.0 Å². The fourth-order valence-corrected chi connectivity index (χ4v) is 3.54. The predicted molar refractivity (Wildman–Crippen MR) is 107 cm³/mol. The van der Waals surface area contributed by atoms with Crippen LogP contribution in [-0.2, 0) is 16.0 Å². The summed E-state index contributed by atoms with van der Waals surface area (Å²) in [6, 6.07) is 12.0. The minimum Gasteiger partial charge on any atom is -0.361 e. The van der Waals surface area contributed by atoms with Crippen LogP contribution in [0.5, 0.6) is 0 Å². The normalized spacial score (nSPS) is 11.0. The summed E-state index contributed by atoms with van der Waals surface area (Å²) in [5.41, 5.74) is 3.52. The molecule has 3 rings (SSSR count). The first kappa shape index (κ1) is 19.9. The third-order valence-corrected chi connectivity index (χ3v) is 4.90. The second-order valence-electron chi connectivity index (χ2n) is 6.18. The molecule has 0 bridgehead atoms. The lowest BCUT2D eigenvalue weighted by molar-refractivity contribution is -0.136. The molecule has 0 atom stereocenters. The number of anilines is 1. The van der Waals surface area contributed by atoms with Crippen molar-refractivity contribution < 1.29 is 18.4 Å². The number of aryl methyl sites for hydroxylation is 1. The Labute approximate surface area is 164 Å². The molecule has 3 aromatic rings. The molecule has 146 valence electrons. The van der Waals surface area contributed by atoms with Gasteiger partial charge in [0.25, 0.3) is 5.76 Å². The van der Waals surface area contributed by atoms with Gasteiger partial charge in [0.15, 0.2) is 0 Å². The minimum absolute atomic E-state index is 0.290. The molecule has 0 saturated heterocycles. The smallest absolute Gasteiger partial charge is 0.313 e. The third kappa shape index (κ3) is 4.89. The number of carbonyl (C=O) groups excluding carboxylic acids is 2. The molecule has 2 aromatic carbocycles. The van der Waals surface area contributed by atoms with Gasteiger partial charge in [0.05, 0.1) is 0 Å². The number of halogens is 2. The summed E-state index contributed by atoms with van der Waals surface area (Å²) < 4.78 is 24.9. The Balaban J connectivity index is 1.54. The van der Waals surface area contributed by atoms with Gasteiger partial charge in [-0.25, -0.2) is 0 Å². The lowest BCUT2D eigenvalue weighted by Crippen LogP contribution is -2.36. The summed E-state index contributed by atoms with van der Waals surface area (Å²) in [6.45, 7) is 2.32. The van der Waals surface area contributed by atoms with Crippen molar-refractivity contribution >= 4 is 40.2 Å². The zero-order chi connectivity index (χ0) is 20.1. The molecule has 1 heterocycles. The first-order valence-corrected chi connectivity index (χ1v) is 9.51. The van der Waals surface area contributed by atoms with Crippen molar-refractivity contribution in [1.29, 1.82) is 0 Å². The molecule has 0 saturated carbocycles. The minimum atomic E-state index is -2.55. The van der Waals surface area contributed by atoms with Crippen LogP contribution >= 0.6 is 11.8 Å². The molecular formula is C20H19F2N3O2S. The molecule has 0 aliphatic rings. The van der Waals surface area contributed by atoms with Crippen molar-refractivity contribution in [3.05, 3.63) is 59.8 Å². The molecule has 5 nitrogen and oxygen atoms in total. The average molecular weight is 403 g/mol. The molecule has 1 aromatic heterocycles. The predicted octanol–water partition coefficient (Wildman–Crippen LogP) is 4.09. The summed E-state index contributed by atoms with van der Waals surface area (Å²) in [5.74, 6) is -4.17. The quantitative estimate of drug-likeness (QED) is 0.429. The van der Waals surface area contributed by atoms with Gasteiger partial charge in [0.2, 0.25) is 0 Å². The number of carbonyl (C=O) groups is 2. The van der Waals surface area contributed by atoms with Gasteiger partial charge in [0, 0.05) is 34.2 Å². The number of benzene rings is 2. The zero-order valence-electron chi connectivity index (χ0n) is 15.1. The first-order valence-electron chi connectivity index (χ1n) is 8.63. The van der Waals surface area contributed by atoms with E-state index in [-0.39, 0.29) is 5.69 Å². The lowest BCUT2D eigenvalue weighted by Gasteiger charge is -2.08. The van der Waals surface area contributed by atoms with Gasteiger partial charge < -0.3 is 15.6 Å². The Morgan fingerprint density at radius 2 is 1.93 bits per heavy atom. The van der Waals surface area contributed by atoms with E-state index in [4.69, 9.17) is 0 Å². The molecule has 8 heteroatoms. The van der Waals surface area contributed by atoms with Crippen molar-refractivity contribution in [1.82, 2.24) is 10.3 Å². The maximum Gasteiger partial charge on any atom is 0.313 e. The van der Waals surface area contributed by atoms with Crippen molar-refractivity contribution in [3.63, 3.8) is 0 Å². The molecule has 0 aliphatic heterocycles. The maximum absolute atomic E-state index is 12.4. The van der Waals surface area contributed by atoms with Crippen molar-refractivity contribution in [2.75, 3.05) is 11.9 Å². The van der Waals surface area contributed by atoms with Crippen LogP contribution < -0.4 is 10.6 Å². The van der Waals surface area contributed by atoms with Crippen molar-refractivity contribution in [3.8, 4) is 0 Å². The molecule has 28 heavy (non-hydrogen) atoms. The molecule has 0 unspecified atom stereocenters. The number of aromatic nitrogens is 1. The highest BCUT2D eigenvalue weighted by Gasteiger charge is 2.14. The number of hydrogen-bond acceptors (Lipinski definition) is 3. The van der Waals surface area contributed by atoms with Crippen LogP contribution in [-0.4, -0.2) is 29.1 Å². The summed E-state index contributed by atoms with van der Waals surface area (Å²) in [7, 11) is 0. The number of H-pyrrole nitrogens is 1. The van der Waals surface area contributed by atoms with Crippen molar-refractivity contribution in [2.24, 2.45) is 0 Å². The molecule has 3 N–H and O–H groups in total. The monoisotopic (exact) mass is 403 g/mol. The highest BCUT2D eigenvalue weighted by molar-refractivity contribution is 7.99. The summed E-state index contributed by atoms with van der Waals surface area (Å²) in [5, 5.41) is 6.12. The highest BCUT2D eigenvalue weighted by Crippen LogP contribution is 2.27. The number of rotatable bonds is 6. The molecule has 0 fully saturated rings. The van der Waals surface area contributed by atoms with Crippen LogP contribution in [0.4, 0.5) is 14.5 Å². The Hall–Kier alpha value is -2.87. The largest absolute Gasteiger partial charge is 0.361 e. The van der Waals surface area contributed by atoms with E-state index < -0.39 is 17.6 Å². The molecule has 0 spiro atoms. The van der Waals surface area contributed by atoms with Crippen LogP contribution in [0.3, 0.4) is 0 Å². The van der Waals surface area contributed by atoms with E-state index in [9.17, 15) is 18.4 Å². The van der Waals surface area contributed by atoms with Gasteiger partial charge in [-0.15, -0.1) is 0 Å². The number of nitrogens with one attached hydrogen (secondary N) is 3. The van der Waals surface area contributed by atoms with E-state index in [1.54, 1.807) is 0 Å². The molecule has 0 radical (unpaired) electrons. The topological polar surface area (TPSA) is 74.0 Å². The number of thioether (sulfide) groups is 1. The summed E-state index contributed by atoms with van der Waals surface area (Å²) >= 11 is 0.374. The van der Waals surface area contributed by atoms with Crippen LogP contribution in [0, 0.1) is 6.92 Å². The molecular weight excluding hydrogens is 384 g/mol. The van der Waals surface area contributed by atoms with Crippen LogP contribution in [0.25, 0.3) is 10.9 Å². The number of hydrogen-bond donors (Lipinski definition) is 3. The lowest BCUT2D eigenvalue weighted by atomic mass is 10.1. The average Bonchev–Trinajstić information content (AvgIpc) is 3.06.